The van der Waals surface area contributed by atoms with Gasteiger partial charge in [-0.05, 0) is 38.1 Å². The van der Waals surface area contributed by atoms with Crippen LogP contribution in [-0.4, -0.2) is 53.9 Å². The number of carbonyl (C=O) groups excluding carboxylic acids is 3. The van der Waals surface area contributed by atoms with Crippen LogP contribution in [-0.2, 0) is 4.79 Å². The zero-order chi connectivity index (χ0) is 16.8. The highest BCUT2D eigenvalue weighted by molar-refractivity contribution is 8.14. The maximum atomic E-state index is 12.1. The second-order valence-electron chi connectivity index (χ2n) is 5.08. The second kappa shape index (κ2) is 8.01. The van der Waals surface area contributed by atoms with E-state index >= 15 is 0 Å². The Morgan fingerprint density at radius 3 is 2.39 bits per heavy atom. The molecule has 1 aliphatic rings. The van der Waals surface area contributed by atoms with Crippen molar-refractivity contribution in [1.29, 1.82) is 0 Å². The fraction of sp³-hybridized carbons (Fsp3) is 0.438. The van der Waals surface area contributed by atoms with Gasteiger partial charge in [-0.15, -0.1) is 0 Å². The van der Waals surface area contributed by atoms with Crippen LogP contribution in [0, 0.1) is 0 Å². The Morgan fingerprint density at radius 2 is 1.87 bits per heavy atom. The number of hydrogen-bond acceptors (Lipinski definition) is 5. The van der Waals surface area contributed by atoms with E-state index in [1.807, 2.05) is 12.1 Å². The molecule has 2 rings (SSSR count). The highest BCUT2D eigenvalue weighted by Crippen LogP contribution is 2.18. The van der Waals surface area contributed by atoms with Crippen LogP contribution >= 0.6 is 11.8 Å². The first kappa shape index (κ1) is 17.3. The van der Waals surface area contributed by atoms with Crippen molar-refractivity contribution in [3.8, 4) is 0 Å². The first-order valence-corrected chi connectivity index (χ1v) is 8.65. The van der Waals surface area contributed by atoms with Crippen molar-refractivity contribution < 1.29 is 14.4 Å². The summed E-state index contributed by atoms with van der Waals surface area (Å²) in [5.41, 5.74) is 1.64. The maximum Gasteiger partial charge on any atom is 0.288 e. The molecular formula is C16H21N3O3S. The highest BCUT2D eigenvalue weighted by atomic mass is 32.2. The molecule has 0 spiro atoms. The Morgan fingerprint density at radius 1 is 1.22 bits per heavy atom. The number of anilines is 1. The highest BCUT2D eigenvalue weighted by Gasteiger charge is 2.29. The van der Waals surface area contributed by atoms with Crippen molar-refractivity contribution in [3.63, 3.8) is 0 Å². The molecule has 1 aliphatic heterocycles. The zero-order valence-corrected chi connectivity index (χ0v) is 14.2. The number of benzene rings is 1. The van der Waals surface area contributed by atoms with E-state index in [4.69, 9.17) is 0 Å². The van der Waals surface area contributed by atoms with Crippen LogP contribution in [0.3, 0.4) is 0 Å². The summed E-state index contributed by atoms with van der Waals surface area (Å²) in [7, 11) is 0. The predicted octanol–water partition coefficient (Wildman–Crippen LogP) is 1.96. The van der Waals surface area contributed by atoms with Crippen LogP contribution in [0.25, 0.3) is 0 Å². The molecule has 0 unspecified atom stereocenters. The van der Waals surface area contributed by atoms with Crippen LogP contribution in [0.5, 0.6) is 0 Å². The number of carbonyl (C=O) groups is 3. The van der Waals surface area contributed by atoms with Gasteiger partial charge in [-0.25, -0.2) is 0 Å². The van der Waals surface area contributed by atoms with Crippen molar-refractivity contribution in [3.05, 3.63) is 29.8 Å². The van der Waals surface area contributed by atoms with Crippen molar-refractivity contribution >= 4 is 34.5 Å². The minimum atomic E-state index is -0.243. The molecule has 7 heteroatoms. The molecule has 23 heavy (non-hydrogen) atoms. The summed E-state index contributed by atoms with van der Waals surface area (Å²) in [5.74, 6) is -0.208. The first-order chi connectivity index (χ1) is 11.1. The molecule has 1 aromatic carbocycles. The molecule has 1 saturated heterocycles. The van der Waals surface area contributed by atoms with E-state index in [1.165, 1.54) is 4.90 Å². The largest absolute Gasteiger partial charge is 0.372 e. The van der Waals surface area contributed by atoms with E-state index in [0.29, 0.717) is 5.56 Å². The smallest absolute Gasteiger partial charge is 0.288 e. The van der Waals surface area contributed by atoms with E-state index in [1.54, 1.807) is 12.1 Å². The van der Waals surface area contributed by atoms with E-state index in [0.717, 1.165) is 30.5 Å². The van der Waals surface area contributed by atoms with Gasteiger partial charge in [0.2, 0.25) is 5.91 Å². The average Bonchev–Trinajstić information content (AvgIpc) is 2.88. The number of rotatable bonds is 7. The minimum Gasteiger partial charge on any atom is -0.372 e. The number of imide groups is 1. The topological polar surface area (TPSA) is 69.7 Å². The molecule has 0 radical (unpaired) electrons. The number of thioether (sulfide) groups is 1. The summed E-state index contributed by atoms with van der Waals surface area (Å²) < 4.78 is 0. The van der Waals surface area contributed by atoms with Crippen LogP contribution < -0.4 is 10.2 Å². The summed E-state index contributed by atoms with van der Waals surface area (Å²) in [4.78, 5) is 38.4. The summed E-state index contributed by atoms with van der Waals surface area (Å²) in [6.07, 6.45) is 0. The van der Waals surface area contributed by atoms with E-state index in [2.05, 4.69) is 24.1 Å². The van der Waals surface area contributed by atoms with Crippen molar-refractivity contribution in [2.75, 3.05) is 36.8 Å². The fourth-order valence-corrected chi connectivity index (χ4v) is 3.14. The number of hydrogen-bond donors (Lipinski definition) is 1. The van der Waals surface area contributed by atoms with Crippen LogP contribution in [0.15, 0.2) is 24.3 Å². The van der Waals surface area contributed by atoms with Gasteiger partial charge in [0.05, 0.1) is 5.75 Å². The van der Waals surface area contributed by atoms with Gasteiger partial charge < -0.3 is 10.2 Å². The minimum absolute atomic E-state index is 0.194. The molecule has 0 aromatic heterocycles. The van der Waals surface area contributed by atoms with Gasteiger partial charge in [0.1, 0.15) is 0 Å². The Kier molecular flexibility index (Phi) is 6.04. The zero-order valence-electron chi connectivity index (χ0n) is 13.4. The third-order valence-corrected chi connectivity index (χ3v) is 4.58. The third-order valence-electron chi connectivity index (χ3n) is 3.72. The fourth-order valence-electron chi connectivity index (χ4n) is 2.39. The molecule has 1 fully saturated rings. The Labute approximate surface area is 140 Å². The van der Waals surface area contributed by atoms with Gasteiger partial charge in [0.25, 0.3) is 11.1 Å². The lowest BCUT2D eigenvalue weighted by Gasteiger charge is -2.21. The van der Waals surface area contributed by atoms with Gasteiger partial charge in [0.15, 0.2) is 0 Å². The molecule has 3 amide bonds. The Balaban J connectivity index is 1.86. The monoisotopic (exact) mass is 335 g/mol. The molecule has 1 aromatic rings. The lowest BCUT2D eigenvalue weighted by Crippen LogP contribution is -2.37. The molecule has 0 bridgehead atoms. The number of nitrogens with zero attached hydrogens (tertiary/aromatic N) is 2. The van der Waals surface area contributed by atoms with Crippen molar-refractivity contribution in [2.45, 2.75) is 13.8 Å². The quantitative estimate of drug-likeness (QED) is 0.825. The maximum absolute atomic E-state index is 12.1. The summed E-state index contributed by atoms with van der Waals surface area (Å²) >= 11 is 0.997. The summed E-state index contributed by atoms with van der Waals surface area (Å²) in [6, 6.07) is 7.41. The molecule has 0 aliphatic carbocycles. The normalized spacial score (nSPS) is 14.3. The van der Waals surface area contributed by atoms with E-state index in [9.17, 15) is 14.4 Å². The molecule has 0 saturated carbocycles. The first-order valence-electron chi connectivity index (χ1n) is 7.67. The molecule has 124 valence electrons. The van der Waals surface area contributed by atoms with Gasteiger partial charge in [-0.3, -0.25) is 19.3 Å². The second-order valence-corrected chi connectivity index (χ2v) is 6.00. The lowest BCUT2D eigenvalue weighted by atomic mass is 10.2. The lowest BCUT2D eigenvalue weighted by molar-refractivity contribution is -0.124. The molecule has 1 N–H and O–H groups in total. The molecular weight excluding hydrogens is 314 g/mol. The predicted molar refractivity (Wildman–Crippen MR) is 91.9 cm³/mol. The third kappa shape index (κ3) is 4.25. The molecule has 0 atom stereocenters. The van der Waals surface area contributed by atoms with Gasteiger partial charge >= 0.3 is 0 Å². The average molecular weight is 335 g/mol. The summed E-state index contributed by atoms with van der Waals surface area (Å²) in [6.45, 7) is 6.48. The standard InChI is InChI=1S/C16H21N3O3S/c1-3-18(4-2)13-7-5-12(6-8-13)15(21)17-9-10-19-14(20)11-23-16(19)22/h5-8H,3-4,9-11H2,1-2H3,(H,17,21). The molecule has 6 nitrogen and oxygen atoms in total. The van der Waals surface area contributed by atoms with Crippen LogP contribution in [0.1, 0.15) is 24.2 Å². The van der Waals surface area contributed by atoms with Gasteiger partial charge in [-0.2, -0.15) is 0 Å². The van der Waals surface area contributed by atoms with E-state index in [-0.39, 0.29) is 35.9 Å². The van der Waals surface area contributed by atoms with Crippen molar-refractivity contribution in [2.24, 2.45) is 0 Å². The summed E-state index contributed by atoms with van der Waals surface area (Å²) in [5, 5.41) is 2.49. The van der Waals surface area contributed by atoms with E-state index < -0.39 is 0 Å². The van der Waals surface area contributed by atoms with Crippen LogP contribution in [0.4, 0.5) is 10.5 Å². The van der Waals surface area contributed by atoms with Crippen LogP contribution in [0.2, 0.25) is 0 Å². The Bertz CT molecular complexity index is 569. The van der Waals surface area contributed by atoms with Gasteiger partial charge in [0, 0.05) is 37.4 Å². The SMILES string of the molecule is CCN(CC)c1ccc(C(=O)NCCN2C(=O)CSC2=O)cc1. The number of nitrogens with one attached hydrogen (secondary N) is 1. The Hall–Kier alpha value is -2.02. The number of amides is 3. The van der Waals surface area contributed by atoms with Crippen molar-refractivity contribution in [1.82, 2.24) is 10.2 Å². The molecule has 1 heterocycles. The van der Waals surface area contributed by atoms with Gasteiger partial charge in [-0.1, -0.05) is 11.8 Å².